The molecule has 0 amide bonds. The highest BCUT2D eigenvalue weighted by Gasteiger charge is 2.05. The Hall–Kier alpha value is -1.36. The van der Waals surface area contributed by atoms with Gasteiger partial charge in [0.1, 0.15) is 13.2 Å². The highest BCUT2D eigenvalue weighted by Crippen LogP contribution is 1.95. The van der Waals surface area contributed by atoms with E-state index in [2.05, 4.69) is 6.58 Å². The molecule has 0 unspecified atom stereocenters. The van der Waals surface area contributed by atoms with E-state index in [1.54, 1.807) is 14.0 Å². The Bertz CT molecular complexity index is 247. The minimum atomic E-state index is -0.476. The third kappa shape index (κ3) is 7.99. The van der Waals surface area contributed by atoms with Crippen molar-refractivity contribution in [2.24, 2.45) is 0 Å². The lowest BCUT2D eigenvalue weighted by atomic mass is 10.3. The Kier molecular flexibility index (Phi) is 8.15. The number of ether oxygens (including phenoxy) is 3. The highest BCUT2D eigenvalue weighted by molar-refractivity contribution is 5.86. The SMILES string of the molecule is C=C(C)C(=O)OCCOC(=O)CCCOC. The molecule has 92 valence electrons. The number of methoxy groups -OCH3 is 1. The smallest absolute Gasteiger partial charge is 0.333 e. The fourth-order valence-electron chi connectivity index (χ4n) is 0.846. The van der Waals surface area contributed by atoms with Crippen molar-refractivity contribution in [3.05, 3.63) is 12.2 Å². The van der Waals surface area contributed by atoms with Gasteiger partial charge in [0, 0.05) is 25.7 Å². The first-order valence-corrected chi connectivity index (χ1v) is 5.05. The summed E-state index contributed by atoms with van der Waals surface area (Å²) in [6.45, 7) is 5.64. The average Bonchev–Trinajstić information content (AvgIpc) is 2.24. The van der Waals surface area contributed by atoms with Crippen molar-refractivity contribution < 1.29 is 23.8 Å². The molecule has 0 spiro atoms. The van der Waals surface area contributed by atoms with Gasteiger partial charge >= 0.3 is 11.9 Å². The minimum absolute atomic E-state index is 0.0573. The van der Waals surface area contributed by atoms with Gasteiger partial charge in [0.15, 0.2) is 0 Å². The number of carbonyl (C=O) groups excluding carboxylic acids is 2. The second kappa shape index (κ2) is 8.91. The van der Waals surface area contributed by atoms with Crippen molar-refractivity contribution in [1.82, 2.24) is 0 Å². The third-order valence-electron chi connectivity index (χ3n) is 1.66. The van der Waals surface area contributed by atoms with E-state index < -0.39 is 5.97 Å². The number of hydrogen-bond acceptors (Lipinski definition) is 5. The number of rotatable bonds is 8. The predicted octanol–water partition coefficient (Wildman–Crippen LogP) is 1.08. The third-order valence-corrected chi connectivity index (χ3v) is 1.66. The molecule has 0 N–H and O–H groups in total. The van der Waals surface area contributed by atoms with Gasteiger partial charge in [0.25, 0.3) is 0 Å². The van der Waals surface area contributed by atoms with E-state index in [0.29, 0.717) is 25.0 Å². The molecule has 0 aromatic carbocycles. The Morgan fingerprint density at radius 2 is 1.75 bits per heavy atom. The molecule has 0 saturated carbocycles. The van der Waals surface area contributed by atoms with Crippen molar-refractivity contribution in [3.63, 3.8) is 0 Å². The second-order valence-electron chi connectivity index (χ2n) is 3.23. The van der Waals surface area contributed by atoms with Crippen LogP contribution >= 0.6 is 0 Å². The van der Waals surface area contributed by atoms with Crippen LogP contribution in [0.5, 0.6) is 0 Å². The topological polar surface area (TPSA) is 61.8 Å². The van der Waals surface area contributed by atoms with Crippen LogP contribution in [0.15, 0.2) is 12.2 Å². The predicted molar refractivity (Wildman–Crippen MR) is 57.8 cm³/mol. The van der Waals surface area contributed by atoms with Crippen molar-refractivity contribution in [2.75, 3.05) is 26.9 Å². The maximum absolute atomic E-state index is 11.1. The first-order valence-electron chi connectivity index (χ1n) is 5.05. The van der Waals surface area contributed by atoms with E-state index in [1.165, 1.54) is 0 Å². The summed E-state index contributed by atoms with van der Waals surface area (Å²) >= 11 is 0. The van der Waals surface area contributed by atoms with Crippen molar-refractivity contribution in [1.29, 1.82) is 0 Å². The van der Waals surface area contributed by atoms with Crippen LogP contribution in [-0.2, 0) is 23.8 Å². The fraction of sp³-hybridized carbons (Fsp3) is 0.636. The summed E-state index contributed by atoms with van der Waals surface area (Å²) in [6.07, 6.45) is 0.934. The Morgan fingerprint density at radius 1 is 1.12 bits per heavy atom. The monoisotopic (exact) mass is 230 g/mol. The molecule has 5 heteroatoms. The van der Waals surface area contributed by atoms with E-state index in [0.717, 1.165) is 0 Å². The van der Waals surface area contributed by atoms with Gasteiger partial charge in [0.05, 0.1) is 0 Å². The molecule has 0 rings (SSSR count). The van der Waals surface area contributed by atoms with E-state index >= 15 is 0 Å². The van der Waals surface area contributed by atoms with Gasteiger partial charge in [-0.15, -0.1) is 0 Å². The molecule has 0 fully saturated rings. The van der Waals surface area contributed by atoms with E-state index in [9.17, 15) is 9.59 Å². The van der Waals surface area contributed by atoms with Gasteiger partial charge in [-0.25, -0.2) is 4.79 Å². The Labute approximate surface area is 95.4 Å². The molecule has 0 aromatic heterocycles. The van der Waals surface area contributed by atoms with Crippen molar-refractivity contribution in [2.45, 2.75) is 19.8 Å². The van der Waals surface area contributed by atoms with Crippen LogP contribution in [0.1, 0.15) is 19.8 Å². The molecule has 0 bridgehead atoms. The molecule has 0 aliphatic carbocycles. The molecular formula is C11H18O5. The van der Waals surface area contributed by atoms with Crippen LogP contribution < -0.4 is 0 Å². The zero-order chi connectivity index (χ0) is 12.4. The van der Waals surface area contributed by atoms with Crippen LogP contribution in [-0.4, -0.2) is 38.9 Å². The van der Waals surface area contributed by atoms with Crippen molar-refractivity contribution >= 4 is 11.9 Å². The summed E-state index contributed by atoms with van der Waals surface area (Å²) in [7, 11) is 1.57. The standard InChI is InChI=1S/C11H18O5/c1-9(2)11(13)16-8-7-15-10(12)5-4-6-14-3/h1,4-8H2,2-3H3. The molecule has 0 saturated heterocycles. The zero-order valence-corrected chi connectivity index (χ0v) is 9.78. The van der Waals surface area contributed by atoms with Gasteiger partial charge in [-0.3, -0.25) is 4.79 Å². The number of esters is 2. The fourth-order valence-corrected chi connectivity index (χ4v) is 0.846. The maximum atomic E-state index is 11.1. The molecule has 16 heavy (non-hydrogen) atoms. The molecule has 0 aliphatic rings. The molecule has 0 atom stereocenters. The average molecular weight is 230 g/mol. The van der Waals surface area contributed by atoms with Crippen LogP contribution in [0.3, 0.4) is 0 Å². The summed E-state index contributed by atoms with van der Waals surface area (Å²) in [5.74, 6) is -0.793. The van der Waals surface area contributed by atoms with E-state index in [-0.39, 0.29) is 19.2 Å². The second-order valence-corrected chi connectivity index (χ2v) is 3.23. The molecule has 0 aromatic rings. The molecule has 0 radical (unpaired) electrons. The van der Waals surface area contributed by atoms with Gasteiger partial charge in [-0.05, 0) is 13.3 Å². The quantitative estimate of drug-likeness (QED) is 0.354. The van der Waals surface area contributed by atoms with E-state index in [1.807, 2.05) is 0 Å². The van der Waals surface area contributed by atoms with E-state index in [4.69, 9.17) is 14.2 Å². The largest absolute Gasteiger partial charge is 0.462 e. The van der Waals surface area contributed by atoms with Crippen molar-refractivity contribution in [3.8, 4) is 0 Å². The normalized spacial score (nSPS) is 9.62. The summed E-state index contributed by atoms with van der Waals surface area (Å²) in [5, 5.41) is 0. The number of hydrogen-bond donors (Lipinski definition) is 0. The van der Waals surface area contributed by atoms with Gasteiger partial charge < -0.3 is 14.2 Å². The number of carbonyl (C=O) groups is 2. The maximum Gasteiger partial charge on any atom is 0.333 e. The van der Waals surface area contributed by atoms with Crippen LogP contribution in [0.2, 0.25) is 0 Å². The summed E-state index contributed by atoms with van der Waals surface area (Å²) in [5.41, 5.74) is 0.325. The zero-order valence-electron chi connectivity index (χ0n) is 9.78. The minimum Gasteiger partial charge on any atom is -0.462 e. The Balaban J connectivity index is 3.41. The molecular weight excluding hydrogens is 212 g/mol. The van der Waals surface area contributed by atoms with Crippen LogP contribution in [0, 0.1) is 0 Å². The lowest BCUT2D eigenvalue weighted by Gasteiger charge is -2.05. The Morgan fingerprint density at radius 3 is 2.31 bits per heavy atom. The lowest BCUT2D eigenvalue weighted by Crippen LogP contribution is -2.14. The summed E-state index contributed by atoms with van der Waals surface area (Å²) in [6, 6.07) is 0. The highest BCUT2D eigenvalue weighted by atomic mass is 16.6. The van der Waals surface area contributed by atoms with Crippen LogP contribution in [0.4, 0.5) is 0 Å². The summed E-state index contributed by atoms with van der Waals surface area (Å²) in [4.78, 5) is 22.0. The molecule has 5 nitrogen and oxygen atoms in total. The summed E-state index contributed by atoms with van der Waals surface area (Å²) < 4.78 is 14.3. The van der Waals surface area contributed by atoms with Crippen LogP contribution in [0.25, 0.3) is 0 Å². The molecule has 0 heterocycles. The van der Waals surface area contributed by atoms with Gasteiger partial charge in [-0.1, -0.05) is 6.58 Å². The first kappa shape index (κ1) is 14.6. The first-order chi connectivity index (χ1) is 7.57. The molecule has 0 aliphatic heterocycles. The van der Waals surface area contributed by atoms with Gasteiger partial charge in [0.2, 0.25) is 0 Å². The lowest BCUT2D eigenvalue weighted by molar-refractivity contribution is -0.150. The van der Waals surface area contributed by atoms with Gasteiger partial charge in [-0.2, -0.15) is 0 Å².